The fourth-order valence-corrected chi connectivity index (χ4v) is 3.58. The van der Waals surface area contributed by atoms with Gasteiger partial charge in [0.2, 0.25) is 5.91 Å². The monoisotopic (exact) mass is 362 g/mol. The van der Waals surface area contributed by atoms with Crippen molar-refractivity contribution in [3.63, 3.8) is 0 Å². The Kier molecular flexibility index (Phi) is 5.08. The maximum Gasteiger partial charge on any atom is 0.265 e. The topological polar surface area (TPSA) is 75.2 Å². The van der Waals surface area contributed by atoms with Gasteiger partial charge in [-0.1, -0.05) is 30.5 Å². The second-order valence-electron chi connectivity index (χ2n) is 6.42. The molecule has 1 aliphatic rings. The molecule has 132 valence electrons. The summed E-state index contributed by atoms with van der Waals surface area (Å²) in [4.78, 5) is 26.7. The molecule has 2 heterocycles. The number of halogens is 1. The molecule has 0 radical (unpaired) electrons. The molecular formula is C17H19FN4O2S. The fraction of sp³-hybridized carbons (Fsp3) is 0.412. The van der Waals surface area contributed by atoms with Crippen molar-refractivity contribution in [2.75, 3.05) is 6.54 Å². The van der Waals surface area contributed by atoms with Crippen molar-refractivity contribution in [2.45, 2.75) is 38.8 Å². The van der Waals surface area contributed by atoms with Crippen LogP contribution in [0.25, 0.3) is 0 Å². The van der Waals surface area contributed by atoms with Crippen LogP contribution in [0.1, 0.15) is 47.1 Å². The number of nitrogens with one attached hydrogen (secondary N) is 1. The lowest BCUT2D eigenvalue weighted by atomic mass is 10.1. The van der Waals surface area contributed by atoms with Crippen LogP contribution in [0.2, 0.25) is 0 Å². The normalized spacial score (nSPS) is 17.4. The first-order chi connectivity index (χ1) is 11.9. The summed E-state index contributed by atoms with van der Waals surface area (Å²) in [6, 6.07) is 5.91. The van der Waals surface area contributed by atoms with Crippen molar-refractivity contribution in [3.05, 3.63) is 46.2 Å². The summed E-state index contributed by atoms with van der Waals surface area (Å²) in [5, 5.41) is 6.89. The van der Waals surface area contributed by atoms with Crippen LogP contribution >= 0.6 is 11.5 Å². The van der Waals surface area contributed by atoms with E-state index in [1.807, 2.05) is 13.8 Å². The average Bonchev–Trinajstić information content (AvgIpc) is 3.15. The van der Waals surface area contributed by atoms with Gasteiger partial charge in [0.15, 0.2) is 0 Å². The third-order valence-corrected chi connectivity index (χ3v) is 4.82. The van der Waals surface area contributed by atoms with Crippen LogP contribution in [0.5, 0.6) is 0 Å². The van der Waals surface area contributed by atoms with E-state index in [9.17, 15) is 14.0 Å². The molecule has 25 heavy (non-hydrogen) atoms. The number of aromatic nitrogens is 2. The number of nitrogens with zero attached hydrogens (tertiary/aromatic N) is 3. The number of likely N-dealkylation sites (tertiary alicyclic amines) is 1. The van der Waals surface area contributed by atoms with Crippen LogP contribution in [0, 0.1) is 5.82 Å². The minimum Gasteiger partial charge on any atom is -0.346 e. The standard InChI is InChI=1S/C17H19FN4O2S/c1-10(2)15-16(25-21-20-15)17(24)19-13-7-14(23)22(9-13)8-11-4-3-5-12(18)6-11/h3-6,10,13H,7-9H2,1-2H3,(H,19,24)/t13-/m1/s1. The molecular weight excluding hydrogens is 343 g/mol. The zero-order valence-electron chi connectivity index (χ0n) is 14.0. The van der Waals surface area contributed by atoms with Gasteiger partial charge >= 0.3 is 0 Å². The van der Waals surface area contributed by atoms with Crippen LogP contribution in [0.4, 0.5) is 4.39 Å². The minimum absolute atomic E-state index is 0.0546. The van der Waals surface area contributed by atoms with Gasteiger partial charge in [-0.3, -0.25) is 9.59 Å². The van der Waals surface area contributed by atoms with Crippen molar-refractivity contribution in [2.24, 2.45) is 0 Å². The predicted octanol–water partition coefficient (Wildman–Crippen LogP) is 2.33. The molecule has 1 N–H and O–H groups in total. The molecule has 1 atom stereocenters. The lowest BCUT2D eigenvalue weighted by molar-refractivity contribution is -0.128. The van der Waals surface area contributed by atoms with E-state index in [0.717, 1.165) is 17.1 Å². The Labute approximate surface area is 149 Å². The van der Waals surface area contributed by atoms with Gasteiger partial charge in [0.05, 0.1) is 11.7 Å². The zero-order chi connectivity index (χ0) is 18.0. The highest BCUT2D eigenvalue weighted by Gasteiger charge is 2.32. The summed E-state index contributed by atoms with van der Waals surface area (Å²) in [6.45, 7) is 4.65. The first-order valence-corrected chi connectivity index (χ1v) is 8.86. The maximum atomic E-state index is 13.3. The van der Waals surface area contributed by atoms with E-state index in [4.69, 9.17) is 0 Å². The van der Waals surface area contributed by atoms with Gasteiger partial charge < -0.3 is 10.2 Å². The third kappa shape index (κ3) is 4.01. The molecule has 1 fully saturated rings. The Morgan fingerprint density at radius 3 is 3.00 bits per heavy atom. The van der Waals surface area contributed by atoms with Gasteiger partial charge in [-0.2, -0.15) is 0 Å². The number of amides is 2. The van der Waals surface area contributed by atoms with Crippen LogP contribution in [0.3, 0.4) is 0 Å². The Morgan fingerprint density at radius 2 is 2.28 bits per heavy atom. The molecule has 3 rings (SSSR count). The summed E-state index contributed by atoms with van der Waals surface area (Å²) in [6.07, 6.45) is 0.240. The molecule has 0 unspecified atom stereocenters. The SMILES string of the molecule is CC(C)c1nnsc1C(=O)N[C@@H]1CC(=O)N(Cc2cccc(F)c2)C1. The van der Waals surface area contributed by atoms with E-state index >= 15 is 0 Å². The highest BCUT2D eigenvalue weighted by Crippen LogP contribution is 2.21. The predicted molar refractivity (Wildman–Crippen MR) is 91.7 cm³/mol. The zero-order valence-corrected chi connectivity index (χ0v) is 14.8. The Balaban J connectivity index is 1.62. The van der Waals surface area contributed by atoms with E-state index in [1.165, 1.54) is 12.1 Å². The second-order valence-corrected chi connectivity index (χ2v) is 7.17. The molecule has 6 nitrogen and oxygen atoms in total. The van der Waals surface area contributed by atoms with Gasteiger partial charge in [-0.15, -0.1) is 5.10 Å². The van der Waals surface area contributed by atoms with Crippen LogP contribution in [-0.2, 0) is 11.3 Å². The number of carbonyl (C=O) groups excluding carboxylic acids is 2. The van der Waals surface area contributed by atoms with Crippen molar-refractivity contribution in [1.82, 2.24) is 19.8 Å². The first kappa shape index (κ1) is 17.5. The third-order valence-electron chi connectivity index (χ3n) is 4.08. The van der Waals surface area contributed by atoms with E-state index in [2.05, 4.69) is 14.9 Å². The molecule has 2 aromatic rings. The molecule has 8 heteroatoms. The summed E-state index contributed by atoms with van der Waals surface area (Å²) >= 11 is 1.06. The Morgan fingerprint density at radius 1 is 1.48 bits per heavy atom. The van der Waals surface area contributed by atoms with Gasteiger partial charge in [-0.25, -0.2) is 4.39 Å². The van der Waals surface area contributed by atoms with Crippen molar-refractivity contribution in [3.8, 4) is 0 Å². The van der Waals surface area contributed by atoms with E-state index < -0.39 is 0 Å². The largest absolute Gasteiger partial charge is 0.346 e. The van der Waals surface area contributed by atoms with E-state index in [-0.39, 0.29) is 36.0 Å². The maximum absolute atomic E-state index is 13.3. The van der Waals surface area contributed by atoms with E-state index in [0.29, 0.717) is 23.7 Å². The molecule has 0 aliphatic carbocycles. The first-order valence-electron chi connectivity index (χ1n) is 8.09. The highest BCUT2D eigenvalue weighted by atomic mass is 32.1. The second kappa shape index (κ2) is 7.26. The van der Waals surface area contributed by atoms with E-state index in [1.54, 1.807) is 17.0 Å². The van der Waals surface area contributed by atoms with Crippen LogP contribution < -0.4 is 5.32 Å². The Bertz CT molecular complexity index is 792. The quantitative estimate of drug-likeness (QED) is 0.886. The van der Waals surface area contributed by atoms with Crippen molar-refractivity contribution < 1.29 is 14.0 Å². The molecule has 0 bridgehead atoms. The number of benzene rings is 1. The lowest BCUT2D eigenvalue weighted by Gasteiger charge is -2.17. The van der Waals surface area contributed by atoms with Gasteiger partial charge in [-0.05, 0) is 35.1 Å². The average molecular weight is 362 g/mol. The molecule has 1 aliphatic heterocycles. The number of hydrogen-bond donors (Lipinski definition) is 1. The number of hydrogen-bond acceptors (Lipinski definition) is 5. The van der Waals surface area contributed by atoms with Crippen LogP contribution in [0.15, 0.2) is 24.3 Å². The fourth-order valence-electron chi connectivity index (χ4n) is 2.86. The summed E-state index contributed by atoms with van der Waals surface area (Å²) in [5.74, 6) is -0.521. The number of carbonyl (C=O) groups is 2. The summed E-state index contributed by atoms with van der Waals surface area (Å²) in [5.41, 5.74) is 1.40. The summed E-state index contributed by atoms with van der Waals surface area (Å²) < 4.78 is 17.1. The molecule has 0 spiro atoms. The molecule has 1 aromatic carbocycles. The smallest absolute Gasteiger partial charge is 0.265 e. The Hall–Kier alpha value is -2.35. The van der Waals surface area contributed by atoms with Crippen molar-refractivity contribution in [1.29, 1.82) is 0 Å². The minimum atomic E-state index is -0.326. The molecule has 2 amide bonds. The molecule has 0 saturated carbocycles. The van der Waals surface area contributed by atoms with Crippen LogP contribution in [-0.4, -0.2) is 38.9 Å². The van der Waals surface area contributed by atoms with Crippen molar-refractivity contribution >= 4 is 23.3 Å². The van der Waals surface area contributed by atoms with Gasteiger partial charge in [0, 0.05) is 19.5 Å². The number of rotatable bonds is 5. The summed E-state index contributed by atoms with van der Waals surface area (Å²) in [7, 11) is 0. The highest BCUT2D eigenvalue weighted by molar-refractivity contribution is 7.08. The molecule has 1 saturated heterocycles. The van der Waals surface area contributed by atoms with Gasteiger partial charge in [0.1, 0.15) is 10.7 Å². The van der Waals surface area contributed by atoms with Gasteiger partial charge in [0.25, 0.3) is 5.91 Å². The lowest BCUT2D eigenvalue weighted by Crippen LogP contribution is -2.37. The molecule has 1 aromatic heterocycles.